The molecule has 0 fully saturated rings. The highest BCUT2D eigenvalue weighted by Crippen LogP contribution is 2.16. The quantitative estimate of drug-likeness (QED) is 0.735. The van der Waals surface area contributed by atoms with Crippen molar-refractivity contribution in [2.45, 2.75) is 39.0 Å². The predicted octanol–water partition coefficient (Wildman–Crippen LogP) is 2.36. The number of hydrogen-bond acceptors (Lipinski definition) is 2. The molecule has 86 valence electrons. The van der Waals surface area contributed by atoms with Crippen LogP contribution in [-0.4, -0.2) is 30.6 Å². The molecule has 0 aliphatic heterocycles. The molecule has 0 saturated carbocycles. The average Bonchev–Trinajstić information content (AvgIpc) is 2.02. The first-order valence-electron chi connectivity index (χ1n) is 4.69. The van der Waals surface area contributed by atoms with Gasteiger partial charge in [-0.1, -0.05) is 20.3 Å². The van der Waals surface area contributed by atoms with Crippen molar-refractivity contribution in [3.05, 3.63) is 0 Å². The minimum Gasteiger partial charge on any atom is -0.390 e. The molecule has 0 rings (SSSR count). The summed E-state index contributed by atoms with van der Waals surface area (Å²) in [6, 6.07) is 0. The fourth-order valence-corrected chi connectivity index (χ4v) is 1.11. The van der Waals surface area contributed by atoms with E-state index in [0.717, 1.165) is 12.8 Å². The topological polar surface area (TPSA) is 29.5 Å². The summed E-state index contributed by atoms with van der Waals surface area (Å²) in [5.74, 6) is -0.0202. The highest BCUT2D eigenvalue weighted by molar-refractivity contribution is 4.63. The molecule has 5 heteroatoms. The lowest BCUT2D eigenvalue weighted by molar-refractivity contribution is -0.180. The predicted molar refractivity (Wildman–Crippen MR) is 47.0 cm³/mol. The maximum atomic E-state index is 11.6. The van der Waals surface area contributed by atoms with Crippen molar-refractivity contribution in [2.75, 3.05) is 13.2 Å². The summed E-state index contributed by atoms with van der Waals surface area (Å²) in [7, 11) is 0. The van der Waals surface area contributed by atoms with Crippen LogP contribution in [0.4, 0.5) is 13.2 Å². The minimum absolute atomic E-state index is 0.0202. The van der Waals surface area contributed by atoms with Crippen molar-refractivity contribution in [3.8, 4) is 0 Å². The van der Waals surface area contributed by atoms with Crippen LogP contribution < -0.4 is 0 Å². The summed E-state index contributed by atoms with van der Waals surface area (Å²) in [5.41, 5.74) is 0. The molecule has 0 amide bonds. The summed E-state index contributed by atoms with van der Waals surface area (Å²) in [5, 5.41) is 9.35. The van der Waals surface area contributed by atoms with Gasteiger partial charge in [-0.25, -0.2) is 0 Å². The van der Waals surface area contributed by atoms with Gasteiger partial charge in [-0.05, 0) is 12.3 Å². The van der Waals surface area contributed by atoms with Crippen LogP contribution in [0.1, 0.15) is 26.7 Å². The van der Waals surface area contributed by atoms with E-state index in [0.29, 0.717) is 0 Å². The number of aliphatic hydroxyl groups is 1. The second kappa shape index (κ2) is 6.24. The number of ether oxygens (including phenoxy) is 1. The number of rotatable bonds is 6. The largest absolute Gasteiger partial charge is 0.411 e. The summed E-state index contributed by atoms with van der Waals surface area (Å²) >= 11 is 0. The molecule has 1 N–H and O–H groups in total. The second-order valence-electron chi connectivity index (χ2n) is 3.46. The van der Waals surface area contributed by atoms with Gasteiger partial charge in [0.05, 0.1) is 12.7 Å². The Kier molecular flexibility index (Phi) is 6.11. The van der Waals surface area contributed by atoms with Gasteiger partial charge in [-0.2, -0.15) is 13.2 Å². The molecule has 0 radical (unpaired) electrons. The van der Waals surface area contributed by atoms with E-state index in [9.17, 15) is 18.3 Å². The van der Waals surface area contributed by atoms with E-state index in [-0.39, 0.29) is 12.5 Å². The molecule has 0 aliphatic carbocycles. The van der Waals surface area contributed by atoms with E-state index in [1.165, 1.54) is 0 Å². The first-order valence-corrected chi connectivity index (χ1v) is 4.69. The van der Waals surface area contributed by atoms with Crippen LogP contribution in [0.5, 0.6) is 0 Å². The lowest BCUT2D eigenvalue weighted by atomic mass is 10.0. The standard InChI is InChI=1S/C9H17F3O2/c1-3-4-7(2)8(13)5-14-6-9(10,11)12/h7-8,13H,3-6H2,1-2H3. The lowest BCUT2D eigenvalue weighted by Crippen LogP contribution is -2.27. The molecule has 0 aromatic rings. The minimum atomic E-state index is -4.31. The Morgan fingerprint density at radius 1 is 1.36 bits per heavy atom. The van der Waals surface area contributed by atoms with Crippen molar-refractivity contribution < 1.29 is 23.0 Å². The van der Waals surface area contributed by atoms with Gasteiger partial charge in [-0.3, -0.25) is 0 Å². The van der Waals surface area contributed by atoms with Crippen LogP contribution in [-0.2, 0) is 4.74 Å². The average molecular weight is 214 g/mol. The van der Waals surface area contributed by atoms with E-state index < -0.39 is 18.9 Å². The summed E-state index contributed by atoms with van der Waals surface area (Å²) in [4.78, 5) is 0. The molecule has 14 heavy (non-hydrogen) atoms. The van der Waals surface area contributed by atoms with Gasteiger partial charge in [0.25, 0.3) is 0 Å². The van der Waals surface area contributed by atoms with Crippen molar-refractivity contribution in [1.82, 2.24) is 0 Å². The zero-order chi connectivity index (χ0) is 11.2. The molecule has 2 unspecified atom stereocenters. The lowest BCUT2D eigenvalue weighted by Gasteiger charge is -2.18. The van der Waals surface area contributed by atoms with Gasteiger partial charge in [0.1, 0.15) is 6.61 Å². The van der Waals surface area contributed by atoms with Crippen LogP contribution >= 0.6 is 0 Å². The number of hydrogen-bond donors (Lipinski definition) is 1. The van der Waals surface area contributed by atoms with Crippen LogP contribution in [0.25, 0.3) is 0 Å². The first kappa shape index (κ1) is 13.7. The van der Waals surface area contributed by atoms with Crippen molar-refractivity contribution in [2.24, 2.45) is 5.92 Å². The van der Waals surface area contributed by atoms with Gasteiger partial charge in [0.2, 0.25) is 0 Å². The van der Waals surface area contributed by atoms with E-state index in [1.807, 2.05) is 6.92 Å². The summed E-state index contributed by atoms with van der Waals surface area (Å²) in [6.07, 6.45) is -3.43. The van der Waals surface area contributed by atoms with Crippen LogP contribution in [0, 0.1) is 5.92 Å². The van der Waals surface area contributed by atoms with Gasteiger partial charge in [0, 0.05) is 0 Å². The number of aliphatic hydroxyl groups excluding tert-OH is 1. The second-order valence-corrected chi connectivity index (χ2v) is 3.46. The summed E-state index contributed by atoms with van der Waals surface area (Å²) in [6.45, 7) is 2.22. The smallest absolute Gasteiger partial charge is 0.390 e. The molecule has 2 atom stereocenters. The molecule has 2 nitrogen and oxygen atoms in total. The normalized spacial score (nSPS) is 16.7. The van der Waals surface area contributed by atoms with E-state index >= 15 is 0 Å². The third-order valence-corrected chi connectivity index (χ3v) is 1.96. The van der Waals surface area contributed by atoms with Gasteiger partial charge in [-0.15, -0.1) is 0 Å². The van der Waals surface area contributed by atoms with Crippen LogP contribution in [0.15, 0.2) is 0 Å². The first-order chi connectivity index (χ1) is 6.37. The maximum Gasteiger partial charge on any atom is 0.411 e. The third kappa shape index (κ3) is 7.15. The van der Waals surface area contributed by atoms with E-state index in [4.69, 9.17) is 0 Å². The van der Waals surface area contributed by atoms with Gasteiger partial charge >= 0.3 is 6.18 Å². The Balaban J connectivity index is 3.58. The van der Waals surface area contributed by atoms with Gasteiger partial charge < -0.3 is 9.84 Å². The Morgan fingerprint density at radius 3 is 2.36 bits per heavy atom. The molecule has 0 aliphatic rings. The molecular weight excluding hydrogens is 197 g/mol. The molecular formula is C9H17F3O2. The van der Waals surface area contributed by atoms with Crippen molar-refractivity contribution in [1.29, 1.82) is 0 Å². The molecule has 0 spiro atoms. The zero-order valence-corrected chi connectivity index (χ0v) is 8.47. The third-order valence-electron chi connectivity index (χ3n) is 1.96. The Hall–Kier alpha value is -0.290. The zero-order valence-electron chi connectivity index (χ0n) is 8.47. The summed E-state index contributed by atoms with van der Waals surface area (Å²) < 4.78 is 39.3. The Labute approximate surface area is 82.1 Å². The maximum absolute atomic E-state index is 11.6. The van der Waals surface area contributed by atoms with Crippen LogP contribution in [0.2, 0.25) is 0 Å². The number of alkyl halides is 3. The molecule has 0 heterocycles. The Bertz CT molecular complexity index is 147. The SMILES string of the molecule is CCCC(C)C(O)COCC(F)(F)F. The molecule has 0 saturated heterocycles. The van der Waals surface area contributed by atoms with E-state index in [2.05, 4.69) is 4.74 Å². The highest BCUT2D eigenvalue weighted by atomic mass is 19.4. The van der Waals surface area contributed by atoms with Crippen molar-refractivity contribution in [3.63, 3.8) is 0 Å². The van der Waals surface area contributed by atoms with E-state index in [1.54, 1.807) is 6.92 Å². The Morgan fingerprint density at radius 2 is 1.93 bits per heavy atom. The van der Waals surface area contributed by atoms with Crippen molar-refractivity contribution >= 4 is 0 Å². The fourth-order valence-electron chi connectivity index (χ4n) is 1.11. The highest BCUT2D eigenvalue weighted by Gasteiger charge is 2.28. The molecule has 0 aromatic heterocycles. The molecule has 0 aromatic carbocycles. The fraction of sp³-hybridized carbons (Fsp3) is 1.00. The molecule has 0 bridgehead atoms. The monoisotopic (exact) mass is 214 g/mol. The van der Waals surface area contributed by atoms with Crippen LogP contribution in [0.3, 0.4) is 0 Å². The van der Waals surface area contributed by atoms with Gasteiger partial charge in [0.15, 0.2) is 0 Å². The number of halogens is 3.